The molecule has 0 aliphatic heterocycles. The molecule has 0 saturated heterocycles. The van der Waals surface area contributed by atoms with E-state index >= 15 is 0 Å². The van der Waals surface area contributed by atoms with E-state index in [-0.39, 0.29) is 0 Å². The minimum atomic E-state index is 0.523. The summed E-state index contributed by atoms with van der Waals surface area (Å²) in [5.41, 5.74) is 0.940. The second kappa shape index (κ2) is 9.55. The van der Waals surface area contributed by atoms with E-state index in [4.69, 9.17) is 9.47 Å². The molecule has 1 aromatic heterocycles. The van der Waals surface area contributed by atoms with E-state index in [1.165, 1.54) is 0 Å². The lowest BCUT2D eigenvalue weighted by Crippen LogP contribution is -2.11. The monoisotopic (exact) mass is 267 g/mol. The van der Waals surface area contributed by atoms with Crippen molar-refractivity contribution in [3.8, 4) is 5.88 Å². The molecule has 0 bridgehead atoms. The zero-order chi connectivity index (χ0) is 13.9. The fourth-order valence-electron chi connectivity index (χ4n) is 1.44. The van der Waals surface area contributed by atoms with Crippen molar-refractivity contribution in [2.24, 2.45) is 0 Å². The number of unbranched alkanes of at least 4 members (excludes halogenated alkanes) is 1. The number of ether oxygens (including phenoxy) is 2. The van der Waals surface area contributed by atoms with Crippen LogP contribution in [0.25, 0.3) is 0 Å². The zero-order valence-electron chi connectivity index (χ0n) is 12.2. The van der Waals surface area contributed by atoms with Crippen molar-refractivity contribution in [3.05, 3.63) is 11.8 Å². The van der Waals surface area contributed by atoms with Crippen LogP contribution in [-0.2, 0) is 4.74 Å². The third-order valence-corrected chi connectivity index (χ3v) is 2.57. The molecule has 0 fully saturated rings. The van der Waals surface area contributed by atoms with Crippen LogP contribution < -0.4 is 10.1 Å². The number of nitrogens with zero attached hydrogens (tertiary/aromatic N) is 2. The van der Waals surface area contributed by atoms with Crippen LogP contribution in [0.2, 0.25) is 0 Å². The highest BCUT2D eigenvalue weighted by Gasteiger charge is 2.04. The molecule has 1 rings (SSSR count). The van der Waals surface area contributed by atoms with Gasteiger partial charge < -0.3 is 14.8 Å². The van der Waals surface area contributed by atoms with E-state index in [0.717, 1.165) is 38.0 Å². The normalized spacial score (nSPS) is 10.5. The van der Waals surface area contributed by atoms with E-state index < -0.39 is 0 Å². The van der Waals surface area contributed by atoms with Crippen molar-refractivity contribution < 1.29 is 9.47 Å². The third-order valence-electron chi connectivity index (χ3n) is 2.57. The minimum absolute atomic E-state index is 0.523. The van der Waals surface area contributed by atoms with Gasteiger partial charge in [-0.3, -0.25) is 0 Å². The number of hydrogen-bond donors (Lipinski definition) is 1. The van der Waals surface area contributed by atoms with E-state index in [1.54, 1.807) is 6.20 Å². The fourth-order valence-corrected chi connectivity index (χ4v) is 1.44. The van der Waals surface area contributed by atoms with Crippen LogP contribution in [0.4, 0.5) is 5.95 Å². The van der Waals surface area contributed by atoms with Crippen molar-refractivity contribution in [1.82, 2.24) is 9.97 Å². The van der Waals surface area contributed by atoms with Gasteiger partial charge in [0, 0.05) is 24.9 Å². The van der Waals surface area contributed by atoms with Crippen LogP contribution in [0.5, 0.6) is 5.88 Å². The molecule has 0 amide bonds. The molecule has 19 heavy (non-hydrogen) atoms. The van der Waals surface area contributed by atoms with E-state index in [9.17, 15) is 0 Å². The molecule has 1 N–H and O–H groups in total. The van der Waals surface area contributed by atoms with E-state index in [2.05, 4.69) is 29.1 Å². The van der Waals surface area contributed by atoms with Crippen LogP contribution in [0.15, 0.2) is 6.20 Å². The number of rotatable bonds is 10. The molecule has 0 radical (unpaired) electrons. The first kappa shape index (κ1) is 15.7. The van der Waals surface area contributed by atoms with Gasteiger partial charge in [0.05, 0.1) is 6.61 Å². The summed E-state index contributed by atoms with van der Waals surface area (Å²) in [5.74, 6) is 1.25. The highest BCUT2D eigenvalue weighted by molar-refractivity contribution is 5.32. The van der Waals surface area contributed by atoms with Gasteiger partial charge in [0.25, 0.3) is 0 Å². The second-order valence-electron chi connectivity index (χ2n) is 4.42. The number of aromatic nitrogens is 2. The first-order valence-corrected chi connectivity index (χ1v) is 7.06. The van der Waals surface area contributed by atoms with Crippen LogP contribution in [0.3, 0.4) is 0 Å². The standard InChI is InChI=1S/C14H25N3O2/c1-4-6-8-18-9-10-19-13-12(3)11-16-14(17-13)15-7-5-2/h11H,4-10H2,1-3H3,(H,15,16,17). The molecule has 0 aromatic carbocycles. The summed E-state index contributed by atoms with van der Waals surface area (Å²) in [5, 5.41) is 3.15. The topological polar surface area (TPSA) is 56.3 Å². The lowest BCUT2D eigenvalue weighted by molar-refractivity contribution is 0.0962. The van der Waals surface area contributed by atoms with E-state index in [1.807, 2.05) is 6.92 Å². The summed E-state index contributed by atoms with van der Waals surface area (Å²) in [4.78, 5) is 8.56. The van der Waals surface area contributed by atoms with Gasteiger partial charge in [0.2, 0.25) is 11.8 Å². The SMILES string of the molecule is CCCCOCCOc1nc(NCCC)ncc1C. The maximum atomic E-state index is 5.62. The molecular weight excluding hydrogens is 242 g/mol. The Bertz CT molecular complexity index is 359. The molecular formula is C14H25N3O2. The zero-order valence-corrected chi connectivity index (χ0v) is 12.2. The van der Waals surface area contributed by atoms with Gasteiger partial charge in [0.15, 0.2) is 0 Å². The molecule has 108 valence electrons. The highest BCUT2D eigenvalue weighted by Crippen LogP contribution is 2.15. The van der Waals surface area contributed by atoms with Gasteiger partial charge in [-0.25, -0.2) is 4.98 Å². The molecule has 0 aliphatic rings. The predicted molar refractivity (Wildman–Crippen MR) is 76.8 cm³/mol. The smallest absolute Gasteiger partial charge is 0.225 e. The Kier molecular flexibility index (Phi) is 7.89. The van der Waals surface area contributed by atoms with Crippen molar-refractivity contribution in [3.63, 3.8) is 0 Å². The van der Waals surface area contributed by atoms with Gasteiger partial charge >= 0.3 is 0 Å². The molecule has 0 saturated carbocycles. The lowest BCUT2D eigenvalue weighted by atomic mass is 10.4. The number of anilines is 1. The summed E-state index contributed by atoms with van der Waals surface area (Å²) in [6, 6.07) is 0. The Labute approximate surface area is 115 Å². The largest absolute Gasteiger partial charge is 0.475 e. The number of aryl methyl sites for hydroxylation is 1. The Morgan fingerprint density at radius 3 is 2.74 bits per heavy atom. The lowest BCUT2D eigenvalue weighted by Gasteiger charge is -2.10. The molecule has 5 nitrogen and oxygen atoms in total. The minimum Gasteiger partial charge on any atom is -0.475 e. The Morgan fingerprint density at radius 1 is 1.16 bits per heavy atom. The molecule has 0 aliphatic carbocycles. The average Bonchev–Trinajstić information content (AvgIpc) is 2.43. The fraction of sp³-hybridized carbons (Fsp3) is 0.714. The van der Waals surface area contributed by atoms with Gasteiger partial charge in [-0.2, -0.15) is 4.98 Å². The summed E-state index contributed by atoms with van der Waals surface area (Å²) < 4.78 is 11.1. The van der Waals surface area contributed by atoms with Gasteiger partial charge in [0.1, 0.15) is 6.61 Å². The number of nitrogens with one attached hydrogen (secondary N) is 1. The Morgan fingerprint density at radius 2 is 2.00 bits per heavy atom. The maximum absolute atomic E-state index is 5.62. The quantitative estimate of drug-likeness (QED) is 0.661. The average molecular weight is 267 g/mol. The van der Waals surface area contributed by atoms with Gasteiger partial charge in [-0.1, -0.05) is 20.3 Å². The van der Waals surface area contributed by atoms with Crippen molar-refractivity contribution in [1.29, 1.82) is 0 Å². The molecule has 0 atom stereocenters. The van der Waals surface area contributed by atoms with Crippen LogP contribution in [0.1, 0.15) is 38.7 Å². The van der Waals surface area contributed by atoms with Gasteiger partial charge in [-0.05, 0) is 19.8 Å². The summed E-state index contributed by atoms with van der Waals surface area (Å²) >= 11 is 0. The van der Waals surface area contributed by atoms with Crippen LogP contribution in [0, 0.1) is 6.92 Å². The summed E-state index contributed by atoms with van der Waals surface area (Å²) in [6.45, 7) is 8.97. The first-order chi connectivity index (χ1) is 9.27. The Balaban J connectivity index is 2.34. The molecule has 1 heterocycles. The molecule has 1 aromatic rings. The first-order valence-electron chi connectivity index (χ1n) is 7.06. The van der Waals surface area contributed by atoms with Crippen LogP contribution >= 0.6 is 0 Å². The molecule has 0 unspecified atom stereocenters. The van der Waals surface area contributed by atoms with Crippen molar-refractivity contribution in [2.75, 3.05) is 31.7 Å². The maximum Gasteiger partial charge on any atom is 0.225 e. The second-order valence-corrected chi connectivity index (χ2v) is 4.42. The van der Waals surface area contributed by atoms with E-state index in [0.29, 0.717) is 25.0 Å². The third kappa shape index (κ3) is 6.38. The van der Waals surface area contributed by atoms with Gasteiger partial charge in [-0.15, -0.1) is 0 Å². The Hall–Kier alpha value is -1.36. The molecule has 5 heteroatoms. The number of hydrogen-bond acceptors (Lipinski definition) is 5. The van der Waals surface area contributed by atoms with Crippen LogP contribution in [-0.4, -0.2) is 36.3 Å². The summed E-state index contributed by atoms with van der Waals surface area (Å²) in [6.07, 6.45) is 5.06. The highest BCUT2D eigenvalue weighted by atomic mass is 16.5. The predicted octanol–water partition coefficient (Wildman–Crippen LogP) is 2.80. The molecule has 0 spiro atoms. The van der Waals surface area contributed by atoms with Crippen molar-refractivity contribution in [2.45, 2.75) is 40.0 Å². The van der Waals surface area contributed by atoms with Crippen molar-refractivity contribution >= 4 is 5.95 Å². The summed E-state index contributed by atoms with van der Waals surface area (Å²) in [7, 11) is 0.